The summed E-state index contributed by atoms with van der Waals surface area (Å²) in [5.41, 5.74) is 0.630. The van der Waals surface area contributed by atoms with Gasteiger partial charge in [0.1, 0.15) is 4.90 Å². The van der Waals surface area contributed by atoms with Gasteiger partial charge in [-0.2, -0.15) is 4.31 Å². The average Bonchev–Trinajstić information content (AvgIpc) is 2.61. The van der Waals surface area contributed by atoms with Crippen LogP contribution in [0.3, 0.4) is 0 Å². The zero-order valence-electron chi connectivity index (χ0n) is 14.8. The number of sulfonamides is 2. The lowest BCUT2D eigenvalue weighted by molar-refractivity contribution is 0.445. The predicted molar refractivity (Wildman–Crippen MR) is 110 cm³/mol. The molecule has 2 aromatic rings. The van der Waals surface area contributed by atoms with E-state index in [1.807, 2.05) is 0 Å². The molecule has 1 N–H and O–H groups in total. The molecule has 0 heterocycles. The van der Waals surface area contributed by atoms with Gasteiger partial charge < -0.3 is 0 Å². The maximum absolute atomic E-state index is 12.5. The van der Waals surface area contributed by atoms with Crippen LogP contribution in [0.25, 0.3) is 0 Å². The van der Waals surface area contributed by atoms with Gasteiger partial charge in [0, 0.05) is 24.1 Å². The summed E-state index contributed by atoms with van der Waals surface area (Å²) in [5, 5.41) is 0.109. The molecule has 0 aliphatic rings. The van der Waals surface area contributed by atoms with Crippen molar-refractivity contribution in [1.29, 1.82) is 0 Å². The largest absolute Gasteiger partial charge is 0.243 e. The second-order valence-corrected chi connectivity index (χ2v) is 10.6. The van der Waals surface area contributed by atoms with Gasteiger partial charge in [0.15, 0.2) is 0 Å². The first-order valence-corrected chi connectivity index (χ1v) is 12.2. The molecule has 0 radical (unpaired) electrons. The molecular weight excluding hydrogens is 476 g/mol. The Morgan fingerprint density at radius 1 is 1.00 bits per heavy atom. The Morgan fingerprint density at radius 3 is 2.11 bits per heavy atom. The van der Waals surface area contributed by atoms with E-state index in [9.17, 15) is 16.8 Å². The lowest BCUT2D eigenvalue weighted by Crippen LogP contribution is -2.30. The summed E-state index contributed by atoms with van der Waals surface area (Å²) < 4.78 is 54.3. The lowest BCUT2D eigenvalue weighted by atomic mass is 10.2. The van der Waals surface area contributed by atoms with E-state index in [4.69, 9.17) is 11.6 Å². The number of benzene rings is 2. The van der Waals surface area contributed by atoms with E-state index in [1.54, 1.807) is 32.0 Å². The maximum Gasteiger partial charge on any atom is 0.243 e. The van der Waals surface area contributed by atoms with Crippen molar-refractivity contribution in [2.24, 2.45) is 0 Å². The number of hydrogen-bond acceptors (Lipinski definition) is 4. The molecule has 0 fully saturated rings. The number of nitrogens with zero attached hydrogens (tertiary/aromatic N) is 1. The van der Waals surface area contributed by atoms with Crippen molar-refractivity contribution in [1.82, 2.24) is 9.03 Å². The molecule has 10 heteroatoms. The van der Waals surface area contributed by atoms with E-state index in [1.165, 1.54) is 28.6 Å². The summed E-state index contributed by atoms with van der Waals surface area (Å²) in [4.78, 5) is 0.154. The predicted octanol–water partition coefficient (Wildman–Crippen LogP) is 3.61. The van der Waals surface area contributed by atoms with Crippen LogP contribution in [0.1, 0.15) is 19.4 Å². The van der Waals surface area contributed by atoms with Crippen LogP contribution >= 0.6 is 27.5 Å². The van der Waals surface area contributed by atoms with Crippen molar-refractivity contribution < 1.29 is 16.8 Å². The van der Waals surface area contributed by atoms with Crippen molar-refractivity contribution >= 4 is 47.6 Å². The van der Waals surface area contributed by atoms with Crippen LogP contribution in [0.15, 0.2) is 56.7 Å². The van der Waals surface area contributed by atoms with E-state index < -0.39 is 20.0 Å². The fourth-order valence-corrected chi connectivity index (χ4v) is 5.95. The van der Waals surface area contributed by atoms with Crippen molar-refractivity contribution in [3.05, 3.63) is 57.5 Å². The SMILES string of the molecule is CCN(CC)S(=O)(=O)c1ccc(CNS(=O)(=O)c2ccc(Br)cc2Cl)cc1. The summed E-state index contributed by atoms with van der Waals surface area (Å²) in [6.45, 7) is 4.33. The van der Waals surface area contributed by atoms with Crippen molar-refractivity contribution in [3.63, 3.8) is 0 Å². The van der Waals surface area contributed by atoms with Gasteiger partial charge in [-0.25, -0.2) is 21.6 Å². The molecule has 0 saturated heterocycles. The first-order valence-electron chi connectivity index (χ1n) is 8.15. The average molecular weight is 496 g/mol. The second-order valence-electron chi connectivity index (χ2n) is 5.63. The fraction of sp³-hybridized carbons (Fsp3) is 0.294. The molecule has 2 rings (SSSR count). The van der Waals surface area contributed by atoms with Crippen LogP contribution < -0.4 is 4.72 Å². The molecule has 0 aromatic heterocycles. The van der Waals surface area contributed by atoms with Gasteiger partial charge in [-0.1, -0.05) is 53.5 Å². The highest BCUT2D eigenvalue weighted by Gasteiger charge is 2.21. The van der Waals surface area contributed by atoms with Gasteiger partial charge in [0.05, 0.1) is 9.92 Å². The molecule has 6 nitrogen and oxygen atoms in total. The first-order chi connectivity index (χ1) is 12.6. The quantitative estimate of drug-likeness (QED) is 0.606. The molecular formula is C17H20BrClN2O4S2. The Bertz CT molecular complexity index is 1010. The highest BCUT2D eigenvalue weighted by atomic mass is 79.9. The molecule has 0 saturated carbocycles. The number of hydrogen-bond donors (Lipinski definition) is 1. The van der Waals surface area contributed by atoms with Gasteiger partial charge in [-0.15, -0.1) is 0 Å². The van der Waals surface area contributed by atoms with E-state index in [2.05, 4.69) is 20.7 Å². The third-order valence-corrected chi connectivity index (χ3v) is 8.36. The second kappa shape index (κ2) is 9.02. The number of rotatable bonds is 8. The van der Waals surface area contributed by atoms with Gasteiger partial charge in [0.25, 0.3) is 0 Å². The summed E-state index contributed by atoms with van der Waals surface area (Å²) in [6.07, 6.45) is 0. The Kier molecular flexibility index (Phi) is 7.46. The molecule has 0 amide bonds. The molecule has 0 aliphatic carbocycles. The van der Waals surface area contributed by atoms with Crippen LogP contribution in [0.5, 0.6) is 0 Å². The molecule has 2 aromatic carbocycles. The van der Waals surface area contributed by atoms with Gasteiger partial charge in [-0.05, 0) is 35.9 Å². The molecule has 0 spiro atoms. The molecule has 0 bridgehead atoms. The van der Waals surface area contributed by atoms with Gasteiger partial charge >= 0.3 is 0 Å². The molecule has 0 atom stereocenters. The molecule has 27 heavy (non-hydrogen) atoms. The minimum absolute atomic E-state index is 0.0142. The highest BCUT2D eigenvalue weighted by molar-refractivity contribution is 9.10. The minimum Gasteiger partial charge on any atom is -0.207 e. The standard InChI is InChI=1S/C17H20BrClN2O4S2/c1-3-21(4-2)27(24,25)15-8-5-13(6-9-15)12-20-26(22,23)17-10-7-14(18)11-16(17)19/h5-11,20H,3-4,12H2,1-2H3. The van der Waals surface area contributed by atoms with E-state index >= 15 is 0 Å². The number of halogens is 2. The zero-order chi connectivity index (χ0) is 20.2. The Balaban J connectivity index is 2.15. The molecule has 148 valence electrons. The Hall–Kier alpha value is -0.970. The van der Waals surface area contributed by atoms with Crippen molar-refractivity contribution in [2.45, 2.75) is 30.2 Å². The molecule has 0 aliphatic heterocycles. The van der Waals surface area contributed by atoms with Crippen LogP contribution in [0.2, 0.25) is 5.02 Å². The third kappa shape index (κ3) is 5.30. The number of nitrogens with one attached hydrogen (secondary N) is 1. The lowest BCUT2D eigenvalue weighted by Gasteiger charge is -2.18. The summed E-state index contributed by atoms with van der Waals surface area (Å²) in [5.74, 6) is 0. The van der Waals surface area contributed by atoms with Crippen LogP contribution in [-0.4, -0.2) is 34.2 Å². The van der Waals surface area contributed by atoms with Crippen molar-refractivity contribution in [2.75, 3.05) is 13.1 Å². The first kappa shape index (κ1) is 22.3. The summed E-state index contributed by atoms with van der Waals surface area (Å²) in [7, 11) is -7.34. The van der Waals surface area contributed by atoms with E-state index in [0.717, 1.165) is 0 Å². The van der Waals surface area contributed by atoms with E-state index in [-0.39, 0.29) is 21.4 Å². The Labute approximate surface area is 173 Å². The van der Waals surface area contributed by atoms with Gasteiger partial charge in [-0.3, -0.25) is 0 Å². The Morgan fingerprint density at radius 2 is 1.59 bits per heavy atom. The summed E-state index contributed by atoms with van der Waals surface area (Å²) in [6, 6.07) is 10.6. The third-order valence-electron chi connectivity index (χ3n) is 3.92. The van der Waals surface area contributed by atoms with Crippen molar-refractivity contribution in [3.8, 4) is 0 Å². The zero-order valence-corrected chi connectivity index (χ0v) is 18.8. The van der Waals surface area contributed by atoms with Gasteiger partial charge in [0.2, 0.25) is 20.0 Å². The normalized spacial score (nSPS) is 12.5. The minimum atomic E-state index is -3.80. The highest BCUT2D eigenvalue weighted by Crippen LogP contribution is 2.25. The van der Waals surface area contributed by atoms with Crippen LogP contribution in [0, 0.1) is 0 Å². The van der Waals surface area contributed by atoms with Crippen LogP contribution in [0.4, 0.5) is 0 Å². The molecule has 0 unspecified atom stereocenters. The monoisotopic (exact) mass is 494 g/mol. The smallest absolute Gasteiger partial charge is 0.207 e. The fourth-order valence-electron chi connectivity index (χ4n) is 2.44. The topological polar surface area (TPSA) is 83.6 Å². The van der Waals surface area contributed by atoms with E-state index in [0.29, 0.717) is 23.1 Å². The summed E-state index contributed by atoms with van der Waals surface area (Å²) >= 11 is 9.23. The van der Waals surface area contributed by atoms with Crippen LogP contribution in [-0.2, 0) is 26.6 Å². The maximum atomic E-state index is 12.5.